The van der Waals surface area contributed by atoms with E-state index in [1.165, 1.54) is 29.7 Å². The second kappa shape index (κ2) is 8.82. The Kier molecular flexibility index (Phi) is 6.00. The molecule has 0 N–H and O–H groups in total. The molecule has 154 valence electrons. The highest BCUT2D eigenvalue weighted by molar-refractivity contribution is 5.65. The minimum atomic E-state index is 0.698. The molecule has 0 atom stereocenters. The minimum absolute atomic E-state index is 0.698. The number of aryl methyl sites for hydroxylation is 1. The maximum Gasteiger partial charge on any atom is 0.161 e. The fourth-order valence-corrected chi connectivity index (χ4v) is 4.61. The van der Waals surface area contributed by atoms with Crippen LogP contribution in [0.4, 0.5) is 0 Å². The number of fused-ring (bicyclic) bond motifs is 1. The SMILES string of the molecule is C=NOc1ccccc1CC1CCN(CCN2CCc3c(cnn3C)C2=C)CC1. The van der Waals surface area contributed by atoms with Crippen LogP contribution in [-0.4, -0.2) is 59.0 Å². The summed E-state index contributed by atoms with van der Waals surface area (Å²) in [6.45, 7) is 13.3. The number of likely N-dealkylation sites (tertiary alicyclic amines) is 1. The van der Waals surface area contributed by atoms with Crippen LogP contribution in [-0.2, 0) is 19.9 Å². The maximum absolute atomic E-state index is 5.33. The molecule has 4 rings (SSSR count). The lowest BCUT2D eigenvalue weighted by Gasteiger charge is -2.36. The van der Waals surface area contributed by atoms with E-state index in [1.54, 1.807) is 0 Å². The van der Waals surface area contributed by atoms with E-state index >= 15 is 0 Å². The molecule has 1 saturated heterocycles. The van der Waals surface area contributed by atoms with E-state index in [-0.39, 0.29) is 0 Å². The molecule has 2 aliphatic rings. The van der Waals surface area contributed by atoms with Gasteiger partial charge in [0.25, 0.3) is 0 Å². The predicted molar refractivity (Wildman–Crippen MR) is 117 cm³/mol. The zero-order valence-electron chi connectivity index (χ0n) is 17.4. The molecule has 0 unspecified atom stereocenters. The third-order valence-electron chi connectivity index (χ3n) is 6.41. The summed E-state index contributed by atoms with van der Waals surface area (Å²) >= 11 is 0. The van der Waals surface area contributed by atoms with E-state index in [4.69, 9.17) is 4.84 Å². The first kappa shape index (κ1) is 19.7. The third kappa shape index (κ3) is 4.37. The average molecular weight is 394 g/mol. The van der Waals surface area contributed by atoms with Gasteiger partial charge in [-0.3, -0.25) is 4.68 Å². The normalized spacial score (nSPS) is 18.0. The molecule has 0 radical (unpaired) electrons. The number of piperidine rings is 1. The number of aromatic nitrogens is 2. The molecule has 1 fully saturated rings. The largest absolute Gasteiger partial charge is 0.370 e. The average Bonchev–Trinajstić information content (AvgIpc) is 3.12. The quantitative estimate of drug-likeness (QED) is 0.535. The fraction of sp³-hybridized carbons (Fsp3) is 0.478. The molecule has 2 aromatic rings. The number of rotatable bonds is 7. The topological polar surface area (TPSA) is 45.9 Å². The first-order chi connectivity index (χ1) is 14.2. The van der Waals surface area contributed by atoms with Crippen LogP contribution in [0.3, 0.4) is 0 Å². The van der Waals surface area contributed by atoms with E-state index in [0.29, 0.717) is 5.92 Å². The zero-order chi connectivity index (χ0) is 20.2. The Morgan fingerprint density at radius 3 is 2.76 bits per heavy atom. The van der Waals surface area contributed by atoms with Crippen molar-refractivity contribution in [3.8, 4) is 5.75 Å². The van der Waals surface area contributed by atoms with Crippen molar-refractivity contribution in [3.05, 3.63) is 53.9 Å². The maximum atomic E-state index is 5.33. The Morgan fingerprint density at radius 2 is 1.97 bits per heavy atom. The second-order valence-corrected chi connectivity index (χ2v) is 8.13. The lowest BCUT2D eigenvalue weighted by molar-refractivity contribution is 0.170. The van der Waals surface area contributed by atoms with E-state index in [9.17, 15) is 0 Å². The van der Waals surface area contributed by atoms with Crippen LogP contribution in [0, 0.1) is 5.92 Å². The van der Waals surface area contributed by atoms with Crippen LogP contribution in [0.25, 0.3) is 5.70 Å². The molecule has 1 aromatic carbocycles. The van der Waals surface area contributed by atoms with Crippen molar-refractivity contribution in [2.45, 2.75) is 25.7 Å². The molecule has 6 heteroatoms. The molecule has 2 aliphatic heterocycles. The summed E-state index contributed by atoms with van der Waals surface area (Å²) < 4.78 is 1.98. The Balaban J connectivity index is 1.25. The number of nitrogens with zero attached hydrogens (tertiary/aromatic N) is 5. The standard InChI is InChI=1S/C23H31N5O/c1-18-21-17-25-26(3)22(21)10-13-28(18)15-14-27-11-8-19(9-12-27)16-20-6-4-5-7-23(20)29-24-2/h4-7,17,19H,1-2,8-16H2,3H3. The van der Waals surface area contributed by atoms with Crippen LogP contribution in [0.2, 0.25) is 0 Å². The van der Waals surface area contributed by atoms with Crippen LogP contribution in [0.1, 0.15) is 29.7 Å². The fourth-order valence-electron chi connectivity index (χ4n) is 4.61. The molecule has 3 heterocycles. The number of para-hydroxylation sites is 1. The van der Waals surface area contributed by atoms with Gasteiger partial charge < -0.3 is 14.6 Å². The number of benzene rings is 1. The second-order valence-electron chi connectivity index (χ2n) is 8.13. The van der Waals surface area contributed by atoms with Gasteiger partial charge in [-0.1, -0.05) is 29.9 Å². The summed E-state index contributed by atoms with van der Waals surface area (Å²) in [6.07, 6.45) is 6.51. The molecule has 6 nitrogen and oxygen atoms in total. The van der Waals surface area contributed by atoms with Gasteiger partial charge in [-0.25, -0.2) is 0 Å². The lowest BCUT2D eigenvalue weighted by Crippen LogP contribution is -2.41. The van der Waals surface area contributed by atoms with Crippen molar-refractivity contribution in [1.29, 1.82) is 0 Å². The summed E-state index contributed by atoms with van der Waals surface area (Å²) in [6, 6.07) is 8.16. The Bertz CT molecular complexity index is 866. The highest BCUT2D eigenvalue weighted by Crippen LogP contribution is 2.28. The molecule has 0 amide bonds. The van der Waals surface area contributed by atoms with E-state index in [1.807, 2.05) is 30.1 Å². The van der Waals surface area contributed by atoms with Crippen molar-refractivity contribution in [2.24, 2.45) is 18.1 Å². The first-order valence-corrected chi connectivity index (χ1v) is 10.5. The van der Waals surface area contributed by atoms with Crippen molar-refractivity contribution in [3.63, 3.8) is 0 Å². The van der Waals surface area contributed by atoms with Gasteiger partial charge in [-0.05, 0) is 49.9 Å². The van der Waals surface area contributed by atoms with Gasteiger partial charge >= 0.3 is 0 Å². The minimum Gasteiger partial charge on any atom is -0.370 e. The smallest absolute Gasteiger partial charge is 0.161 e. The lowest BCUT2D eigenvalue weighted by atomic mass is 9.90. The summed E-state index contributed by atoms with van der Waals surface area (Å²) in [5.74, 6) is 1.53. The summed E-state index contributed by atoms with van der Waals surface area (Å²) in [5.41, 5.74) is 4.88. The van der Waals surface area contributed by atoms with Gasteiger partial charge in [0.15, 0.2) is 5.75 Å². The highest BCUT2D eigenvalue weighted by Gasteiger charge is 2.24. The monoisotopic (exact) mass is 393 g/mol. The van der Waals surface area contributed by atoms with Crippen LogP contribution >= 0.6 is 0 Å². The van der Waals surface area contributed by atoms with Gasteiger partial charge in [0.05, 0.1) is 6.20 Å². The third-order valence-corrected chi connectivity index (χ3v) is 6.41. The Morgan fingerprint density at radius 1 is 1.17 bits per heavy atom. The summed E-state index contributed by atoms with van der Waals surface area (Å²) in [4.78, 5) is 10.3. The molecule has 29 heavy (non-hydrogen) atoms. The number of oxime groups is 1. The van der Waals surface area contributed by atoms with Gasteiger partial charge in [0, 0.05) is 56.8 Å². The van der Waals surface area contributed by atoms with Crippen LogP contribution < -0.4 is 4.84 Å². The Hall–Kier alpha value is -2.60. The van der Waals surface area contributed by atoms with Crippen molar-refractivity contribution in [2.75, 3.05) is 32.7 Å². The molecule has 1 aromatic heterocycles. The molecule has 0 saturated carbocycles. The molecule has 0 aliphatic carbocycles. The van der Waals surface area contributed by atoms with Gasteiger partial charge in [-0.15, -0.1) is 0 Å². The summed E-state index contributed by atoms with van der Waals surface area (Å²) in [7, 11) is 2.02. The molecular weight excluding hydrogens is 362 g/mol. The molecule has 0 bridgehead atoms. The van der Waals surface area contributed by atoms with E-state index < -0.39 is 0 Å². The van der Waals surface area contributed by atoms with Gasteiger partial charge in [0.2, 0.25) is 0 Å². The van der Waals surface area contributed by atoms with Crippen molar-refractivity contribution < 1.29 is 4.84 Å². The van der Waals surface area contributed by atoms with Gasteiger partial charge in [-0.2, -0.15) is 5.10 Å². The van der Waals surface area contributed by atoms with Crippen molar-refractivity contribution >= 4 is 12.4 Å². The Labute approximate surface area is 173 Å². The van der Waals surface area contributed by atoms with Crippen LogP contribution in [0.5, 0.6) is 5.75 Å². The van der Waals surface area contributed by atoms with E-state index in [2.05, 4.69) is 45.5 Å². The van der Waals surface area contributed by atoms with Gasteiger partial charge in [0.1, 0.15) is 0 Å². The van der Waals surface area contributed by atoms with E-state index in [0.717, 1.165) is 57.0 Å². The first-order valence-electron chi connectivity index (χ1n) is 10.5. The van der Waals surface area contributed by atoms with Crippen molar-refractivity contribution in [1.82, 2.24) is 19.6 Å². The highest BCUT2D eigenvalue weighted by atomic mass is 16.6. The number of hydrogen-bond acceptors (Lipinski definition) is 5. The van der Waals surface area contributed by atoms with Crippen LogP contribution in [0.15, 0.2) is 42.2 Å². The number of hydrogen-bond donors (Lipinski definition) is 0. The zero-order valence-corrected chi connectivity index (χ0v) is 17.4. The molecule has 0 spiro atoms. The summed E-state index contributed by atoms with van der Waals surface area (Å²) in [5, 5.41) is 7.98. The predicted octanol–water partition coefficient (Wildman–Crippen LogP) is 3.20. The molecular formula is C23H31N5O.